The van der Waals surface area contributed by atoms with Gasteiger partial charge in [0, 0.05) is 60.3 Å². The maximum atomic E-state index is 17.0. The van der Waals surface area contributed by atoms with Crippen molar-refractivity contribution < 1.29 is 18.3 Å². The molecule has 40 heavy (non-hydrogen) atoms. The van der Waals surface area contributed by atoms with E-state index in [1.165, 1.54) is 17.8 Å². The van der Waals surface area contributed by atoms with Crippen LogP contribution in [0.4, 0.5) is 14.7 Å². The van der Waals surface area contributed by atoms with Gasteiger partial charge in [-0.2, -0.15) is 5.26 Å². The molecule has 2 unspecified atom stereocenters. The molecule has 1 aromatic carbocycles. The summed E-state index contributed by atoms with van der Waals surface area (Å²) >= 11 is 1.22. The van der Waals surface area contributed by atoms with Crippen molar-refractivity contribution in [2.75, 3.05) is 30.9 Å². The van der Waals surface area contributed by atoms with Crippen LogP contribution in [-0.2, 0) is 22.7 Å². The third-order valence-corrected chi connectivity index (χ3v) is 9.17. The third-order valence-electron chi connectivity index (χ3n) is 8.03. The molecule has 2 atom stereocenters. The second-order valence-electron chi connectivity index (χ2n) is 10.4. The summed E-state index contributed by atoms with van der Waals surface area (Å²) in [6.45, 7) is 9.29. The van der Waals surface area contributed by atoms with Gasteiger partial charge in [0.05, 0.1) is 29.8 Å². The Balaban J connectivity index is 1.81. The van der Waals surface area contributed by atoms with E-state index in [4.69, 9.17) is 20.2 Å². The second kappa shape index (κ2) is 11.3. The van der Waals surface area contributed by atoms with E-state index in [-0.39, 0.29) is 52.5 Å². The average molecular weight is 566 g/mol. The Morgan fingerprint density at radius 1 is 1.35 bits per heavy atom. The number of halogens is 2. The molecule has 10 heteroatoms. The monoisotopic (exact) mass is 565 g/mol. The highest BCUT2D eigenvalue weighted by Crippen LogP contribution is 2.48. The zero-order valence-corrected chi connectivity index (χ0v) is 24.2. The van der Waals surface area contributed by atoms with E-state index in [9.17, 15) is 5.26 Å². The van der Waals surface area contributed by atoms with Crippen LogP contribution in [0.25, 0.3) is 16.5 Å². The van der Waals surface area contributed by atoms with Gasteiger partial charge < -0.3 is 20.1 Å². The summed E-state index contributed by atoms with van der Waals surface area (Å²) in [6.07, 6.45) is 3.61. The van der Waals surface area contributed by atoms with Gasteiger partial charge >= 0.3 is 0 Å². The second-order valence-corrected chi connectivity index (χ2v) is 11.4. The summed E-state index contributed by atoms with van der Waals surface area (Å²) in [4.78, 5) is 11.6. The zero-order valence-electron chi connectivity index (χ0n) is 23.4. The Kier molecular flexibility index (Phi) is 8.00. The number of hydrogen-bond acceptors (Lipinski definition) is 8. The van der Waals surface area contributed by atoms with Crippen LogP contribution < -0.4 is 10.6 Å². The van der Waals surface area contributed by atoms with E-state index in [0.717, 1.165) is 11.1 Å². The van der Waals surface area contributed by atoms with Crippen molar-refractivity contribution in [1.29, 1.82) is 5.26 Å². The largest absolute Gasteiger partial charge is 0.400 e. The Morgan fingerprint density at radius 3 is 2.75 bits per heavy atom. The highest BCUT2D eigenvalue weighted by atomic mass is 32.2. The van der Waals surface area contributed by atoms with Crippen LogP contribution >= 0.6 is 11.8 Å². The van der Waals surface area contributed by atoms with Gasteiger partial charge in [-0.1, -0.05) is 25.5 Å². The van der Waals surface area contributed by atoms with E-state index in [0.29, 0.717) is 53.3 Å². The topological polar surface area (TPSA) is 97.3 Å². The van der Waals surface area contributed by atoms with Crippen LogP contribution in [0.3, 0.4) is 0 Å². The molecular weight excluding hydrogens is 532 g/mol. The van der Waals surface area contributed by atoms with E-state index in [1.54, 1.807) is 20.2 Å². The minimum absolute atomic E-state index is 0.0344. The fourth-order valence-electron chi connectivity index (χ4n) is 5.71. The quantitative estimate of drug-likeness (QED) is 0.451. The lowest BCUT2D eigenvalue weighted by atomic mass is 9.83. The highest BCUT2D eigenvalue weighted by Gasteiger charge is 2.35. The molecule has 0 aliphatic carbocycles. The molecule has 4 heterocycles. The fourth-order valence-corrected chi connectivity index (χ4v) is 6.76. The lowest BCUT2D eigenvalue weighted by Crippen LogP contribution is -2.24. The van der Waals surface area contributed by atoms with Gasteiger partial charge in [0.25, 0.3) is 0 Å². The molecule has 1 saturated heterocycles. The van der Waals surface area contributed by atoms with Gasteiger partial charge in [-0.3, -0.25) is 0 Å². The maximum Gasteiger partial charge on any atom is 0.226 e. The van der Waals surface area contributed by atoms with Crippen LogP contribution in [0.15, 0.2) is 45.4 Å². The first-order chi connectivity index (χ1) is 19.2. The van der Waals surface area contributed by atoms with Gasteiger partial charge in [0.15, 0.2) is 5.82 Å². The lowest BCUT2D eigenvalue weighted by Gasteiger charge is -2.26. The summed E-state index contributed by atoms with van der Waals surface area (Å²) in [5, 5.41) is 10.7. The van der Waals surface area contributed by atoms with Gasteiger partial charge in [-0.25, -0.2) is 18.7 Å². The van der Waals surface area contributed by atoms with Crippen LogP contribution in [0, 0.1) is 23.1 Å². The number of nitrogens with two attached hydrogens (primary N) is 1. The molecule has 5 rings (SSSR count). The van der Waals surface area contributed by atoms with Crippen molar-refractivity contribution >= 4 is 34.2 Å². The molecule has 7 nitrogen and oxygen atoms in total. The molecule has 0 bridgehead atoms. The van der Waals surface area contributed by atoms with E-state index < -0.39 is 11.6 Å². The van der Waals surface area contributed by atoms with Crippen molar-refractivity contribution in [3.05, 3.63) is 67.9 Å². The molecule has 2 N–H and O–H groups in total. The zero-order chi connectivity index (χ0) is 28.7. The van der Waals surface area contributed by atoms with Crippen molar-refractivity contribution in [1.82, 2.24) is 9.97 Å². The van der Waals surface area contributed by atoms with Gasteiger partial charge in [0.2, 0.25) is 5.95 Å². The maximum absolute atomic E-state index is 17.0. The predicted octanol–water partition coefficient (Wildman–Crippen LogP) is 6.06. The summed E-state index contributed by atoms with van der Waals surface area (Å²) in [5.74, 6) is -0.0417. The van der Waals surface area contributed by atoms with Gasteiger partial charge in [0.1, 0.15) is 17.4 Å². The molecule has 210 valence electrons. The van der Waals surface area contributed by atoms with Crippen molar-refractivity contribution in [2.24, 2.45) is 11.7 Å². The number of ether oxygens (including phenoxy) is 2. The van der Waals surface area contributed by atoms with Crippen LogP contribution in [0.5, 0.6) is 0 Å². The Bertz CT molecular complexity index is 1560. The van der Waals surface area contributed by atoms with Crippen molar-refractivity contribution in [3.63, 3.8) is 0 Å². The van der Waals surface area contributed by atoms with Gasteiger partial charge in [-0.05, 0) is 37.0 Å². The smallest absolute Gasteiger partial charge is 0.226 e. The Labute approximate surface area is 237 Å². The van der Waals surface area contributed by atoms with Crippen molar-refractivity contribution in [2.45, 2.75) is 53.4 Å². The number of benzene rings is 1. The first kappa shape index (κ1) is 28.3. The first-order valence-electron chi connectivity index (χ1n) is 13.4. The number of nitriles is 1. The number of fused-ring (bicyclic) bond motifs is 3. The van der Waals surface area contributed by atoms with Crippen LogP contribution in [0.1, 0.15) is 50.8 Å². The number of aromatic nitrogens is 2. The molecule has 0 amide bonds. The highest BCUT2D eigenvalue weighted by molar-refractivity contribution is 8.03. The lowest BCUT2D eigenvalue weighted by molar-refractivity contribution is 0.0899. The Hall–Kier alpha value is -3.26. The number of hydrogen-bond donors (Lipinski definition) is 1. The number of thioether (sulfide) groups is 1. The normalized spacial score (nSPS) is 22.2. The number of anilines is 1. The minimum atomic E-state index is -0.541. The summed E-state index contributed by atoms with van der Waals surface area (Å²) in [7, 11) is 1.69. The fraction of sp³-hybridized carbons (Fsp3) is 0.433. The molecule has 3 aliphatic rings. The number of nitrogens with zero attached hydrogens (tertiary/aromatic N) is 4. The molecule has 1 aromatic heterocycles. The average Bonchev–Trinajstić information content (AvgIpc) is 3.60. The van der Waals surface area contributed by atoms with Crippen molar-refractivity contribution in [3.8, 4) is 6.07 Å². The van der Waals surface area contributed by atoms with Crippen LogP contribution in [0.2, 0.25) is 0 Å². The summed E-state index contributed by atoms with van der Waals surface area (Å²) in [5.41, 5.74) is 10.3. The van der Waals surface area contributed by atoms with E-state index in [1.807, 2.05) is 18.7 Å². The minimum Gasteiger partial charge on any atom is -0.400 e. The number of rotatable bonds is 6. The molecule has 0 radical (unpaired) electrons. The molecule has 2 aromatic rings. The van der Waals surface area contributed by atoms with E-state index >= 15 is 8.78 Å². The first-order valence-corrected chi connectivity index (χ1v) is 14.4. The molecule has 1 fully saturated rings. The number of methoxy groups -OCH3 is 1. The van der Waals surface area contributed by atoms with Crippen LogP contribution in [-0.4, -0.2) is 42.0 Å². The molecule has 0 saturated carbocycles. The Morgan fingerprint density at radius 2 is 2.10 bits per heavy atom. The van der Waals surface area contributed by atoms with E-state index in [2.05, 4.69) is 18.0 Å². The standard InChI is InChI=1S/C30H33F2N5O2S/c1-6-15(3)24(26-17(8-33)22(34)14-40-29(26)21(31)7-2)25-20-13-39-12-19(20)18-9-35-30(36-28(18)27(25)32)37-10-16(4)23(11-37)38-5/h7,9,16,23H,6,10-14,34H2,1-5H3/b21-7+,24-15+. The third kappa shape index (κ3) is 4.60. The van der Waals surface area contributed by atoms with Gasteiger partial charge in [-0.15, -0.1) is 11.8 Å². The molecular formula is C30H33F2N5O2S. The molecule has 0 spiro atoms. The number of allylic oxidation sites excluding steroid dienone is 6. The SMILES string of the molecule is C/C=C(/F)C1=C(/C(=C(\C)CC)c2c3c(c4cnc(N5CC(C)C(OC)C5)nc4c2F)COC3)C(C#N)=C(N)CS1. The predicted molar refractivity (Wildman–Crippen MR) is 154 cm³/mol. The summed E-state index contributed by atoms with van der Waals surface area (Å²) in [6, 6.07) is 2.18. The molecule has 3 aliphatic heterocycles. The summed E-state index contributed by atoms with van der Waals surface area (Å²) < 4.78 is 43.7.